The molecule has 0 radical (unpaired) electrons. The summed E-state index contributed by atoms with van der Waals surface area (Å²) in [7, 11) is -3.97. The van der Waals surface area contributed by atoms with Crippen molar-refractivity contribution >= 4 is 44.8 Å². The first-order valence-electron chi connectivity index (χ1n) is 9.72. The maximum atomic E-state index is 13.8. The molecule has 1 aliphatic heterocycles. The van der Waals surface area contributed by atoms with Crippen LogP contribution in [-0.4, -0.2) is 37.0 Å². The number of nitrogens with one attached hydrogen (secondary N) is 1. The Hall–Kier alpha value is -2.16. The number of nitrogens with zero attached hydrogens (tertiary/aromatic N) is 2. The summed E-state index contributed by atoms with van der Waals surface area (Å²) in [5.74, 6) is -0.298. The van der Waals surface area contributed by atoms with E-state index >= 15 is 0 Å². The van der Waals surface area contributed by atoms with Gasteiger partial charge in [0.15, 0.2) is 5.84 Å². The molecule has 6 nitrogen and oxygen atoms in total. The topological polar surface area (TPSA) is 78.8 Å². The van der Waals surface area contributed by atoms with Crippen LogP contribution in [0.15, 0.2) is 46.4 Å². The first-order valence-corrected chi connectivity index (χ1v) is 12.0. The van der Waals surface area contributed by atoms with Gasteiger partial charge >= 0.3 is 0 Å². The van der Waals surface area contributed by atoms with Crippen LogP contribution in [0.4, 0.5) is 4.39 Å². The van der Waals surface area contributed by atoms with Gasteiger partial charge in [0, 0.05) is 24.9 Å². The van der Waals surface area contributed by atoms with Gasteiger partial charge in [0.2, 0.25) is 0 Å². The molecule has 0 amide bonds. The van der Waals surface area contributed by atoms with Gasteiger partial charge in [-0.2, -0.15) is 13.2 Å². The van der Waals surface area contributed by atoms with Gasteiger partial charge in [-0.3, -0.25) is 4.79 Å². The number of amidine groups is 1. The smallest absolute Gasteiger partial charge is 0.276 e. The van der Waals surface area contributed by atoms with Crippen LogP contribution < -0.4 is 4.83 Å². The van der Waals surface area contributed by atoms with E-state index in [9.17, 15) is 17.6 Å². The zero-order valence-corrected chi connectivity index (χ0v) is 19.0. The number of rotatable bonds is 4. The maximum Gasteiger partial charge on any atom is 0.276 e. The first kappa shape index (κ1) is 22.0. The van der Waals surface area contributed by atoms with Crippen molar-refractivity contribution < 1.29 is 17.6 Å². The molecule has 2 aromatic rings. The molecule has 0 atom stereocenters. The van der Waals surface area contributed by atoms with Crippen molar-refractivity contribution in [2.75, 3.05) is 6.54 Å². The van der Waals surface area contributed by atoms with Crippen molar-refractivity contribution in [2.45, 2.75) is 43.0 Å². The number of benzene rings is 2. The van der Waals surface area contributed by atoms with Gasteiger partial charge in [-0.25, -0.2) is 4.39 Å². The molecule has 1 saturated carbocycles. The molecule has 2 aliphatic rings. The SMILES string of the molecule is Cc1ccc(S(=O)(=O)N/N=C(\c2c(Cl)cc(F)cc2Cl)N2CCC(=O)CC23CC3)cc1. The summed E-state index contributed by atoms with van der Waals surface area (Å²) >= 11 is 12.6. The van der Waals surface area contributed by atoms with Crippen molar-refractivity contribution in [3.05, 3.63) is 63.4 Å². The molecule has 31 heavy (non-hydrogen) atoms. The first-order chi connectivity index (χ1) is 14.6. The Labute approximate surface area is 190 Å². The largest absolute Gasteiger partial charge is 0.348 e. The number of carbonyl (C=O) groups excluding carboxylic acids is 1. The van der Waals surface area contributed by atoms with Crippen molar-refractivity contribution in [2.24, 2.45) is 5.10 Å². The minimum absolute atomic E-state index is 0.00554. The molecule has 0 unspecified atom stereocenters. The van der Waals surface area contributed by atoms with Crippen LogP contribution in [-0.2, 0) is 14.8 Å². The van der Waals surface area contributed by atoms with Gasteiger partial charge in [0.05, 0.1) is 20.5 Å². The van der Waals surface area contributed by atoms with Crippen LogP contribution in [0.1, 0.15) is 36.8 Å². The summed E-state index contributed by atoms with van der Waals surface area (Å²) in [6.07, 6.45) is 2.16. The summed E-state index contributed by atoms with van der Waals surface area (Å²) in [5, 5.41) is 4.21. The third kappa shape index (κ3) is 4.42. The van der Waals surface area contributed by atoms with E-state index in [2.05, 4.69) is 9.93 Å². The number of carbonyl (C=O) groups is 1. The third-order valence-electron chi connectivity index (χ3n) is 5.63. The van der Waals surface area contributed by atoms with E-state index in [1.807, 2.05) is 11.8 Å². The Bertz CT molecular complexity index is 1160. The highest BCUT2D eigenvalue weighted by Gasteiger charge is 2.53. The number of sulfonamides is 1. The molecule has 0 bridgehead atoms. The molecule has 10 heteroatoms. The van der Waals surface area contributed by atoms with Gasteiger partial charge in [-0.15, -0.1) is 5.10 Å². The summed E-state index contributed by atoms with van der Waals surface area (Å²) < 4.78 is 39.4. The molecular weight excluding hydrogens is 464 g/mol. The van der Waals surface area contributed by atoms with Crippen molar-refractivity contribution in [3.63, 3.8) is 0 Å². The summed E-state index contributed by atoms with van der Waals surface area (Å²) in [4.78, 5) is 16.2. The molecule has 2 fully saturated rings. The normalized spacial score (nSPS) is 18.4. The Morgan fingerprint density at radius 3 is 2.35 bits per heavy atom. The van der Waals surface area contributed by atoms with E-state index in [0.29, 0.717) is 19.4 Å². The number of aryl methyl sites for hydroxylation is 1. The number of ketones is 1. The van der Waals surface area contributed by atoms with Crippen LogP contribution in [0.5, 0.6) is 0 Å². The van der Waals surface area contributed by atoms with Crippen molar-refractivity contribution in [1.29, 1.82) is 0 Å². The minimum atomic E-state index is -3.97. The number of piperidine rings is 1. The molecule has 164 valence electrons. The zero-order valence-electron chi connectivity index (χ0n) is 16.7. The van der Waals surface area contributed by atoms with Crippen molar-refractivity contribution in [3.8, 4) is 0 Å². The molecule has 1 saturated heterocycles. The van der Waals surface area contributed by atoms with Gasteiger partial charge < -0.3 is 4.90 Å². The summed E-state index contributed by atoms with van der Waals surface area (Å²) in [6.45, 7) is 2.19. The predicted molar refractivity (Wildman–Crippen MR) is 117 cm³/mol. The highest BCUT2D eigenvalue weighted by Crippen LogP contribution is 2.48. The molecule has 4 rings (SSSR count). The highest BCUT2D eigenvalue weighted by molar-refractivity contribution is 7.89. The molecule has 1 N–H and O–H groups in total. The fourth-order valence-electron chi connectivity index (χ4n) is 3.83. The number of hydrogen-bond acceptors (Lipinski definition) is 4. The lowest BCUT2D eigenvalue weighted by Crippen LogP contribution is -2.49. The molecule has 1 spiro atoms. The summed E-state index contributed by atoms with van der Waals surface area (Å²) in [6, 6.07) is 8.52. The van der Waals surface area contributed by atoms with E-state index < -0.39 is 21.4 Å². The number of hydrogen-bond donors (Lipinski definition) is 1. The lowest BCUT2D eigenvalue weighted by Gasteiger charge is -2.38. The monoisotopic (exact) mass is 483 g/mol. The van der Waals surface area contributed by atoms with Crippen LogP contribution in [0.3, 0.4) is 0 Å². The Morgan fingerprint density at radius 2 is 1.77 bits per heavy atom. The lowest BCUT2D eigenvalue weighted by molar-refractivity contribution is -0.122. The third-order valence-corrected chi connectivity index (χ3v) is 7.45. The number of hydrazone groups is 1. The molecule has 0 aromatic heterocycles. The average molecular weight is 484 g/mol. The van der Waals surface area contributed by atoms with E-state index in [4.69, 9.17) is 23.2 Å². The maximum absolute atomic E-state index is 13.8. The average Bonchev–Trinajstić information content (AvgIpc) is 3.44. The number of likely N-dealkylation sites (tertiary alicyclic amines) is 1. The van der Waals surface area contributed by atoms with Gasteiger partial charge in [0.25, 0.3) is 10.0 Å². The molecule has 1 heterocycles. The predicted octanol–water partition coefficient (Wildman–Crippen LogP) is 4.28. The van der Waals surface area contributed by atoms with Crippen molar-refractivity contribution in [1.82, 2.24) is 9.73 Å². The lowest BCUT2D eigenvalue weighted by atomic mass is 9.97. The summed E-state index contributed by atoms with van der Waals surface area (Å²) in [5.41, 5.74) is 0.698. The second-order valence-electron chi connectivity index (χ2n) is 7.93. The molecule has 1 aliphatic carbocycles. The minimum Gasteiger partial charge on any atom is -0.348 e. The number of Topliss-reactive ketones (excluding diaryl/α,β-unsaturated/α-hetero) is 1. The Morgan fingerprint density at radius 1 is 1.16 bits per heavy atom. The second-order valence-corrected chi connectivity index (χ2v) is 10.4. The molecule has 2 aromatic carbocycles. The fraction of sp³-hybridized carbons (Fsp3) is 0.333. The van der Waals surface area contributed by atoms with Gasteiger partial charge in [-0.1, -0.05) is 40.9 Å². The van der Waals surface area contributed by atoms with Crippen LogP contribution in [0.25, 0.3) is 0 Å². The van der Waals surface area contributed by atoms with E-state index in [-0.39, 0.29) is 32.1 Å². The number of halogens is 3. The van der Waals surface area contributed by atoms with Gasteiger partial charge in [0.1, 0.15) is 11.6 Å². The van der Waals surface area contributed by atoms with E-state index in [1.54, 1.807) is 12.1 Å². The van der Waals surface area contributed by atoms with Crippen LogP contribution >= 0.6 is 23.2 Å². The molecular formula is C21H20Cl2FN3O3S. The quantitative estimate of drug-likeness (QED) is 0.399. The van der Waals surface area contributed by atoms with Crippen LogP contribution in [0, 0.1) is 12.7 Å². The van der Waals surface area contributed by atoms with E-state index in [0.717, 1.165) is 30.5 Å². The fourth-order valence-corrected chi connectivity index (χ4v) is 5.26. The second kappa shape index (κ2) is 8.07. The highest BCUT2D eigenvalue weighted by atomic mass is 35.5. The standard InChI is InChI=1S/C21H20Cl2FN3O3S/c1-13-2-4-16(5-3-13)31(29,30)26-25-20(19-17(22)10-14(24)11-18(19)23)27-9-6-15(28)12-21(27)7-8-21/h2-5,10-11,26H,6-9,12H2,1H3/b25-20+. The van der Waals surface area contributed by atoms with Crippen LogP contribution in [0.2, 0.25) is 10.0 Å². The Balaban J connectivity index is 1.78. The zero-order chi connectivity index (χ0) is 22.4. The Kier molecular flexibility index (Phi) is 5.74. The van der Waals surface area contributed by atoms with Gasteiger partial charge in [-0.05, 0) is 44.0 Å². The van der Waals surface area contributed by atoms with E-state index in [1.165, 1.54) is 12.1 Å².